The lowest BCUT2D eigenvalue weighted by atomic mass is 10.8. The van der Waals surface area contributed by atoms with Crippen LogP contribution in [-0.4, -0.2) is 29.9 Å². The molecule has 0 amide bonds. The highest BCUT2D eigenvalue weighted by Gasteiger charge is 1.78. The molecule has 0 fully saturated rings. The first-order valence-electron chi connectivity index (χ1n) is 1.79. The van der Waals surface area contributed by atoms with E-state index in [0.717, 1.165) is 0 Å². The van der Waals surface area contributed by atoms with Crippen LogP contribution in [0.2, 0.25) is 0 Å². The average molecular weight is 105 g/mol. The normalized spacial score (nSPS) is 8.14. The average Bonchev–Trinajstić information content (AvgIpc) is 1.61. The van der Waals surface area contributed by atoms with Crippen molar-refractivity contribution in [2.45, 2.75) is 0 Å². The molecule has 42 valence electrons. The Kier molecular flexibility index (Phi) is 3.04. The molecule has 0 spiro atoms. The second-order valence-corrected chi connectivity index (χ2v) is 0.890. The predicted molar refractivity (Wildman–Crippen MR) is 23.8 cm³/mol. The van der Waals surface area contributed by atoms with Crippen LogP contribution in [0.25, 0.3) is 0 Å². The SMILES string of the molecule is C=[N+]([O-])OCCO. The van der Waals surface area contributed by atoms with Crippen molar-refractivity contribution in [2.75, 3.05) is 13.2 Å². The highest BCUT2D eigenvalue weighted by atomic mass is 16.9. The molecule has 0 heterocycles. The molecule has 7 heavy (non-hydrogen) atoms. The van der Waals surface area contributed by atoms with E-state index in [-0.39, 0.29) is 18.1 Å². The fourth-order valence-electron chi connectivity index (χ4n) is 0.143. The third-order valence-corrected chi connectivity index (χ3v) is 0.327. The molecular weight excluding hydrogens is 98.0 g/mol. The lowest BCUT2D eigenvalue weighted by Gasteiger charge is -1.98. The van der Waals surface area contributed by atoms with Crippen LogP contribution in [0.5, 0.6) is 0 Å². The lowest BCUT2D eigenvalue weighted by Crippen LogP contribution is -2.05. The molecule has 1 N–H and O–H groups in total. The number of nitrogens with zero attached hydrogens (tertiary/aromatic N) is 1. The molecule has 4 heteroatoms. The van der Waals surface area contributed by atoms with E-state index in [0.29, 0.717) is 0 Å². The Morgan fingerprint density at radius 1 is 1.86 bits per heavy atom. The fourth-order valence-corrected chi connectivity index (χ4v) is 0.143. The molecule has 0 bridgehead atoms. The van der Waals surface area contributed by atoms with Crippen molar-refractivity contribution in [3.63, 3.8) is 0 Å². The van der Waals surface area contributed by atoms with Gasteiger partial charge in [0, 0.05) is 4.90 Å². The summed E-state index contributed by atoms with van der Waals surface area (Å²) in [7, 11) is 0. The van der Waals surface area contributed by atoms with Crippen LogP contribution >= 0.6 is 0 Å². The maximum Gasteiger partial charge on any atom is 0.198 e. The van der Waals surface area contributed by atoms with Crippen LogP contribution in [0.3, 0.4) is 0 Å². The summed E-state index contributed by atoms with van der Waals surface area (Å²) in [5, 5.41) is 17.7. The van der Waals surface area contributed by atoms with Gasteiger partial charge in [0.1, 0.15) is 0 Å². The van der Waals surface area contributed by atoms with E-state index >= 15 is 0 Å². The van der Waals surface area contributed by atoms with Crippen LogP contribution in [-0.2, 0) is 4.84 Å². The molecule has 0 rings (SSSR count). The minimum atomic E-state index is -0.158. The fraction of sp³-hybridized carbons (Fsp3) is 0.667. The van der Waals surface area contributed by atoms with Gasteiger partial charge in [0.05, 0.1) is 13.2 Å². The van der Waals surface area contributed by atoms with Gasteiger partial charge in [-0.3, -0.25) is 5.21 Å². The smallest absolute Gasteiger partial charge is 0.198 e. The zero-order valence-corrected chi connectivity index (χ0v) is 3.83. The number of rotatable bonds is 3. The van der Waals surface area contributed by atoms with Crippen molar-refractivity contribution in [3.8, 4) is 0 Å². The molecule has 0 saturated carbocycles. The van der Waals surface area contributed by atoms with Crippen molar-refractivity contribution in [1.29, 1.82) is 0 Å². The second kappa shape index (κ2) is 3.42. The van der Waals surface area contributed by atoms with Crippen molar-refractivity contribution >= 4 is 6.72 Å². The van der Waals surface area contributed by atoms with Crippen molar-refractivity contribution in [3.05, 3.63) is 5.21 Å². The Bertz CT molecular complexity index is 63.2. The molecule has 0 aromatic heterocycles. The Balaban J connectivity index is 2.82. The Morgan fingerprint density at radius 2 is 2.43 bits per heavy atom. The summed E-state index contributed by atoms with van der Waals surface area (Å²) < 4.78 is 0. The zero-order valence-electron chi connectivity index (χ0n) is 3.83. The molecule has 0 aliphatic heterocycles. The third kappa shape index (κ3) is 5.23. The number of aliphatic hydroxyl groups excluding tert-OH is 1. The molecule has 0 atom stereocenters. The van der Waals surface area contributed by atoms with Gasteiger partial charge in [-0.25, -0.2) is 0 Å². The number of hydrogen-bond donors (Lipinski definition) is 1. The molecule has 4 nitrogen and oxygen atoms in total. The van der Waals surface area contributed by atoms with Crippen molar-refractivity contribution in [2.24, 2.45) is 0 Å². The highest BCUT2D eigenvalue weighted by molar-refractivity contribution is 5.13. The summed E-state index contributed by atoms with van der Waals surface area (Å²) in [4.78, 5) is 4.16. The number of hydrogen-bond acceptors (Lipinski definition) is 3. The lowest BCUT2D eigenvalue weighted by molar-refractivity contribution is -0.735. The Hall–Kier alpha value is -0.770. The highest BCUT2D eigenvalue weighted by Crippen LogP contribution is 1.68. The molecule has 0 saturated heterocycles. The van der Waals surface area contributed by atoms with Crippen molar-refractivity contribution in [1.82, 2.24) is 0 Å². The monoisotopic (exact) mass is 105 g/mol. The minimum Gasteiger partial charge on any atom is -0.401 e. The van der Waals surface area contributed by atoms with Gasteiger partial charge in [-0.2, -0.15) is 0 Å². The molecule has 0 unspecified atom stereocenters. The van der Waals surface area contributed by atoms with E-state index in [1.54, 1.807) is 0 Å². The van der Waals surface area contributed by atoms with E-state index in [1.807, 2.05) is 0 Å². The van der Waals surface area contributed by atoms with E-state index in [9.17, 15) is 5.21 Å². The molecule has 0 aromatic rings. The molecular formula is C3H7NO3. The Labute approximate surface area is 41.2 Å². The summed E-state index contributed by atoms with van der Waals surface area (Å²) in [5.74, 6) is 0. The first-order valence-corrected chi connectivity index (χ1v) is 1.79. The minimum absolute atomic E-state index is 0.00694. The third-order valence-electron chi connectivity index (χ3n) is 0.327. The van der Waals surface area contributed by atoms with Crippen LogP contribution in [0.15, 0.2) is 0 Å². The van der Waals surface area contributed by atoms with Crippen LogP contribution in [0, 0.1) is 5.21 Å². The van der Waals surface area contributed by atoms with E-state index in [2.05, 4.69) is 11.6 Å². The van der Waals surface area contributed by atoms with Crippen LogP contribution in [0.4, 0.5) is 0 Å². The molecule has 0 aliphatic carbocycles. The quantitative estimate of drug-likeness (QED) is 0.288. The van der Waals surface area contributed by atoms with Gasteiger partial charge in [0.15, 0.2) is 6.72 Å². The van der Waals surface area contributed by atoms with Gasteiger partial charge in [-0.1, -0.05) is 0 Å². The summed E-state index contributed by atoms with van der Waals surface area (Å²) >= 11 is 0. The Morgan fingerprint density at radius 3 is 2.57 bits per heavy atom. The number of aliphatic hydroxyl groups is 1. The maximum atomic E-state index is 9.67. The van der Waals surface area contributed by atoms with Gasteiger partial charge < -0.3 is 9.94 Å². The van der Waals surface area contributed by atoms with Gasteiger partial charge in [0.25, 0.3) is 0 Å². The standard InChI is InChI=1S/C3H7NO3/c1-4(6)7-3-2-5/h5H,1-3H2. The van der Waals surface area contributed by atoms with E-state index < -0.39 is 0 Å². The predicted octanol–water partition coefficient (Wildman–Crippen LogP) is -0.879. The first kappa shape index (κ1) is 6.23. The molecule has 0 aromatic carbocycles. The van der Waals surface area contributed by atoms with Crippen molar-refractivity contribution < 1.29 is 14.8 Å². The van der Waals surface area contributed by atoms with E-state index in [1.165, 1.54) is 0 Å². The maximum absolute atomic E-state index is 9.67. The second-order valence-electron chi connectivity index (χ2n) is 0.890. The zero-order chi connectivity index (χ0) is 5.70. The van der Waals surface area contributed by atoms with Gasteiger partial charge >= 0.3 is 0 Å². The largest absolute Gasteiger partial charge is 0.401 e. The summed E-state index contributed by atoms with van der Waals surface area (Å²) in [5.41, 5.74) is 0. The molecule has 0 radical (unpaired) electrons. The summed E-state index contributed by atoms with van der Waals surface area (Å²) in [6.45, 7) is 2.67. The van der Waals surface area contributed by atoms with Gasteiger partial charge in [-0.15, -0.1) is 0 Å². The summed E-state index contributed by atoms with van der Waals surface area (Å²) in [6, 6.07) is 0. The van der Waals surface area contributed by atoms with Crippen LogP contribution in [0.1, 0.15) is 0 Å². The van der Waals surface area contributed by atoms with E-state index in [4.69, 9.17) is 5.11 Å². The van der Waals surface area contributed by atoms with Gasteiger partial charge in [-0.05, 0) is 0 Å². The van der Waals surface area contributed by atoms with Crippen LogP contribution < -0.4 is 0 Å². The van der Waals surface area contributed by atoms with Gasteiger partial charge in [0.2, 0.25) is 0 Å². The first-order chi connectivity index (χ1) is 3.27. The summed E-state index contributed by atoms with van der Waals surface area (Å²) in [6.07, 6.45) is 0. The molecule has 0 aliphatic rings. The topological polar surface area (TPSA) is 55.5 Å².